The Labute approximate surface area is 189 Å². The van der Waals surface area contributed by atoms with Gasteiger partial charge in [-0.3, -0.25) is 4.98 Å². The first-order chi connectivity index (χ1) is 15.5. The topological polar surface area (TPSA) is 57.7 Å². The van der Waals surface area contributed by atoms with Crippen LogP contribution in [0.4, 0.5) is 22.7 Å². The van der Waals surface area contributed by atoms with Gasteiger partial charge in [0.25, 0.3) is 0 Å². The molecule has 1 aromatic heterocycles. The molecule has 0 bridgehead atoms. The number of hydrogen-bond donors (Lipinski definition) is 1. The second kappa shape index (κ2) is 9.30. The van der Waals surface area contributed by atoms with Crippen LogP contribution in [0, 0.1) is 0 Å². The van der Waals surface area contributed by atoms with Crippen molar-refractivity contribution in [3.05, 3.63) is 77.6 Å². The van der Waals surface area contributed by atoms with E-state index in [2.05, 4.69) is 83.7 Å². The van der Waals surface area contributed by atoms with Crippen LogP contribution in [0.3, 0.4) is 0 Å². The van der Waals surface area contributed by atoms with Crippen LogP contribution in [0.5, 0.6) is 0 Å². The maximum atomic E-state index is 12.0. The SMILES string of the molecule is COC(=O)c1ccncc1NC[C@H]1CCc2cc(N(C)c3ccc(N(C)C)cc3)ccc21. The number of fused-ring (bicyclic) bond motifs is 1. The van der Waals surface area contributed by atoms with Crippen LogP contribution in [-0.4, -0.2) is 45.8 Å². The highest BCUT2D eigenvalue weighted by molar-refractivity contribution is 5.95. The average molecular weight is 431 g/mol. The highest BCUT2D eigenvalue weighted by atomic mass is 16.5. The second-order valence-electron chi connectivity index (χ2n) is 8.38. The van der Waals surface area contributed by atoms with E-state index in [1.165, 1.54) is 35.3 Å². The number of aromatic nitrogens is 1. The Morgan fingerprint density at radius 2 is 1.78 bits per heavy atom. The zero-order valence-electron chi connectivity index (χ0n) is 19.1. The molecule has 166 valence electrons. The first-order valence-electron chi connectivity index (χ1n) is 10.9. The lowest BCUT2D eigenvalue weighted by molar-refractivity contribution is 0.0601. The first kappa shape index (κ1) is 21.7. The summed E-state index contributed by atoms with van der Waals surface area (Å²) in [6.45, 7) is 0.754. The third-order valence-electron chi connectivity index (χ3n) is 6.23. The lowest BCUT2D eigenvalue weighted by Crippen LogP contribution is -2.14. The van der Waals surface area contributed by atoms with E-state index in [0.717, 1.165) is 19.4 Å². The summed E-state index contributed by atoms with van der Waals surface area (Å²) in [4.78, 5) is 20.5. The van der Waals surface area contributed by atoms with E-state index in [9.17, 15) is 4.79 Å². The first-order valence-corrected chi connectivity index (χ1v) is 10.9. The predicted octanol–water partition coefficient (Wildman–Crippen LogP) is 4.84. The van der Waals surface area contributed by atoms with Crippen molar-refractivity contribution in [2.45, 2.75) is 18.8 Å². The summed E-state index contributed by atoms with van der Waals surface area (Å²) < 4.78 is 4.88. The number of carbonyl (C=O) groups excluding carboxylic acids is 1. The molecule has 1 atom stereocenters. The number of aryl methyl sites for hydroxylation is 1. The van der Waals surface area contributed by atoms with Crippen LogP contribution >= 0.6 is 0 Å². The molecule has 4 rings (SSSR count). The van der Waals surface area contributed by atoms with E-state index >= 15 is 0 Å². The lowest BCUT2D eigenvalue weighted by atomic mass is 10.0. The van der Waals surface area contributed by atoms with Gasteiger partial charge in [0.2, 0.25) is 0 Å². The summed E-state index contributed by atoms with van der Waals surface area (Å²) in [5, 5.41) is 3.41. The number of rotatable bonds is 7. The lowest BCUT2D eigenvalue weighted by Gasteiger charge is -2.22. The summed E-state index contributed by atoms with van der Waals surface area (Å²) in [6.07, 6.45) is 5.43. The van der Waals surface area contributed by atoms with Crippen molar-refractivity contribution in [3.63, 3.8) is 0 Å². The van der Waals surface area contributed by atoms with Gasteiger partial charge in [-0.15, -0.1) is 0 Å². The fourth-order valence-corrected chi connectivity index (χ4v) is 4.29. The summed E-state index contributed by atoms with van der Waals surface area (Å²) in [5.74, 6) is 0.0439. The van der Waals surface area contributed by atoms with Crippen LogP contribution in [-0.2, 0) is 11.2 Å². The molecular weight excluding hydrogens is 400 g/mol. The van der Waals surface area contributed by atoms with E-state index in [0.29, 0.717) is 17.2 Å². The molecule has 0 saturated heterocycles. The molecule has 3 aromatic rings. The number of nitrogens with one attached hydrogen (secondary N) is 1. The van der Waals surface area contributed by atoms with Gasteiger partial charge in [0.1, 0.15) is 0 Å². The van der Waals surface area contributed by atoms with Gasteiger partial charge in [-0.25, -0.2) is 4.79 Å². The van der Waals surface area contributed by atoms with Crippen molar-refractivity contribution in [1.82, 2.24) is 4.98 Å². The van der Waals surface area contributed by atoms with Crippen molar-refractivity contribution < 1.29 is 9.53 Å². The molecule has 0 fully saturated rings. The molecule has 6 heteroatoms. The Morgan fingerprint density at radius 3 is 2.50 bits per heavy atom. The molecule has 32 heavy (non-hydrogen) atoms. The minimum atomic E-state index is -0.354. The Morgan fingerprint density at radius 1 is 1.06 bits per heavy atom. The Kier molecular flexibility index (Phi) is 6.30. The highest BCUT2D eigenvalue weighted by Gasteiger charge is 2.24. The number of ether oxygens (including phenoxy) is 1. The van der Waals surface area contributed by atoms with Gasteiger partial charge in [0.05, 0.1) is 24.6 Å². The average Bonchev–Trinajstić information content (AvgIpc) is 3.24. The molecule has 1 aliphatic carbocycles. The van der Waals surface area contributed by atoms with Gasteiger partial charge in [-0.05, 0) is 66.4 Å². The van der Waals surface area contributed by atoms with Gasteiger partial charge < -0.3 is 19.9 Å². The zero-order valence-corrected chi connectivity index (χ0v) is 19.1. The van der Waals surface area contributed by atoms with E-state index in [-0.39, 0.29) is 5.97 Å². The number of pyridine rings is 1. The van der Waals surface area contributed by atoms with Crippen molar-refractivity contribution in [2.24, 2.45) is 0 Å². The number of nitrogens with zero attached hydrogens (tertiary/aromatic N) is 3. The maximum absolute atomic E-state index is 12.0. The van der Waals surface area contributed by atoms with E-state index in [1.54, 1.807) is 18.5 Å². The summed E-state index contributed by atoms with van der Waals surface area (Å²) >= 11 is 0. The number of esters is 1. The molecule has 0 aliphatic heterocycles. The van der Waals surface area contributed by atoms with Crippen molar-refractivity contribution in [3.8, 4) is 0 Å². The van der Waals surface area contributed by atoms with Gasteiger partial charge in [-0.2, -0.15) is 0 Å². The fourth-order valence-electron chi connectivity index (χ4n) is 4.29. The van der Waals surface area contributed by atoms with Crippen LogP contribution in [0.1, 0.15) is 33.8 Å². The monoisotopic (exact) mass is 430 g/mol. The van der Waals surface area contributed by atoms with Gasteiger partial charge in [0, 0.05) is 56.9 Å². The Balaban J connectivity index is 1.47. The molecule has 1 aliphatic rings. The molecule has 0 spiro atoms. The van der Waals surface area contributed by atoms with E-state index in [1.807, 2.05) is 0 Å². The van der Waals surface area contributed by atoms with Crippen molar-refractivity contribution >= 4 is 28.7 Å². The van der Waals surface area contributed by atoms with Crippen LogP contribution in [0.25, 0.3) is 0 Å². The highest BCUT2D eigenvalue weighted by Crippen LogP contribution is 2.37. The third-order valence-corrected chi connectivity index (χ3v) is 6.23. The Hall–Kier alpha value is -3.54. The third kappa shape index (κ3) is 4.40. The summed E-state index contributed by atoms with van der Waals surface area (Å²) in [6, 6.07) is 17.0. The standard InChI is InChI=1S/C26H30N4O2/c1-29(2)20-7-9-21(10-8-20)30(3)22-11-12-23-18(15-22)5-6-19(23)16-28-25-17-27-14-13-24(25)26(31)32-4/h7-15,17,19,28H,5-6,16H2,1-4H3/t19-/m1/s1. The molecule has 2 aromatic carbocycles. The molecule has 1 heterocycles. The largest absolute Gasteiger partial charge is 0.465 e. The van der Waals surface area contributed by atoms with Crippen LogP contribution < -0.4 is 15.1 Å². The molecule has 1 N–H and O–H groups in total. The number of benzene rings is 2. The van der Waals surface area contributed by atoms with Crippen LogP contribution in [0.2, 0.25) is 0 Å². The summed E-state index contributed by atoms with van der Waals surface area (Å²) in [5.41, 5.74) is 7.54. The van der Waals surface area contributed by atoms with Gasteiger partial charge in [-0.1, -0.05) is 6.07 Å². The van der Waals surface area contributed by atoms with Gasteiger partial charge >= 0.3 is 5.97 Å². The van der Waals surface area contributed by atoms with E-state index in [4.69, 9.17) is 4.74 Å². The predicted molar refractivity (Wildman–Crippen MR) is 130 cm³/mol. The molecule has 0 amide bonds. The summed E-state index contributed by atoms with van der Waals surface area (Å²) in [7, 11) is 7.60. The fraction of sp³-hybridized carbons (Fsp3) is 0.308. The zero-order chi connectivity index (χ0) is 22.7. The molecule has 0 unspecified atom stereocenters. The normalized spacial score (nSPS) is 14.6. The molecule has 0 radical (unpaired) electrons. The van der Waals surface area contributed by atoms with E-state index < -0.39 is 0 Å². The molecule has 6 nitrogen and oxygen atoms in total. The maximum Gasteiger partial charge on any atom is 0.340 e. The number of methoxy groups -OCH3 is 1. The molecule has 0 saturated carbocycles. The number of hydrogen-bond acceptors (Lipinski definition) is 6. The van der Waals surface area contributed by atoms with Crippen LogP contribution in [0.15, 0.2) is 60.9 Å². The van der Waals surface area contributed by atoms with Crippen molar-refractivity contribution in [1.29, 1.82) is 0 Å². The minimum Gasteiger partial charge on any atom is -0.465 e. The minimum absolute atomic E-state index is 0.354. The second-order valence-corrected chi connectivity index (χ2v) is 8.38. The number of carbonyl (C=O) groups is 1. The number of anilines is 4. The molecular formula is C26H30N4O2. The van der Waals surface area contributed by atoms with Gasteiger partial charge in [0.15, 0.2) is 0 Å². The van der Waals surface area contributed by atoms with Crippen molar-refractivity contribution in [2.75, 3.05) is 49.9 Å². The Bertz CT molecular complexity index is 1100. The smallest absolute Gasteiger partial charge is 0.340 e. The quantitative estimate of drug-likeness (QED) is 0.541.